The van der Waals surface area contributed by atoms with E-state index in [1.807, 2.05) is 18.2 Å². The molecule has 1 nitrogen and oxygen atoms in total. The minimum atomic E-state index is -1.49. The van der Waals surface area contributed by atoms with Gasteiger partial charge in [0.25, 0.3) is 0 Å². The predicted molar refractivity (Wildman–Crippen MR) is 62.1 cm³/mol. The normalized spacial score (nSPS) is 13.0. The van der Waals surface area contributed by atoms with Crippen LogP contribution in [0.4, 0.5) is 0 Å². The van der Waals surface area contributed by atoms with Crippen molar-refractivity contribution in [3.63, 3.8) is 0 Å². The van der Waals surface area contributed by atoms with Crippen molar-refractivity contribution >= 4 is 8.32 Å². The van der Waals surface area contributed by atoms with Crippen molar-refractivity contribution in [2.45, 2.75) is 32.5 Å². The van der Waals surface area contributed by atoms with Gasteiger partial charge in [0, 0.05) is 0 Å². The van der Waals surface area contributed by atoms with E-state index in [0.717, 1.165) is 0 Å². The lowest BCUT2D eigenvalue weighted by Crippen LogP contribution is -2.31. The first-order valence-electron chi connectivity index (χ1n) is 4.62. The minimum absolute atomic E-state index is 0.639. The second kappa shape index (κ2) is 5.81. The Morgan fingerprint density at radius 3 is 2.23 bits per heavy atom. The van der Waals surface area contributed by atoms with E-state index in [4.69, 9.17) is 4.43 Å². The third kappa shape index (κ3) is 5.47. The van der Waals surface area contributed by atoms with Gasteiger partial charge in [-0.05, 0) is 24.7 Å². The molecule has 0 fully saturated rings. The van der Waals surface area contributed by atoms with Gasteiger partial charge in [0.2, 0.25) is 8.32 Å². The molecular formula is C11H20OSi. The molecule has 0 amide bonds. The molecule has 0 spiro atoms. The van der Waals surface area contributed by atoms with Crippen molar-refractivity contribution in [3.8, 4) is 0 Å². The third-order valence-electron chi connectivity index (χ3n) is 2.20. The molecule has 0 aromatic heterocycles. The van der Waals surface area contributed by atoms with Gasteiger partial charge in [-0.2, -0.15) is 0 Å². The molecule has 13 heavy (non-hydrogen) atoms. The lowest BCUT2D eigenvalue weighted by molar-refractivity contribution is 0.460. The predicted octanol–water partition coefficient (Wildman–Crippen LogP) is 3.87. The Balaban J connectivity index is 3.93. The maximum absolute atomic E-state index is 5.71. The summed E-state index contributed by atoms with van der Waals surface area (Å²) in [5.41, 5.74) is 0.639. The van der Waals surface area contributed by atoms with Gasteiger partial charge in [-0.25, -0.2) is 0 Å². The van der Waals surface area contributed by atoms with Crippen LogP contribution in [0.3, 0.4) is 0 Å². The molecule has 0 aromatic carbocycles. The summed E-state index contributed by atoms with van der Waals surface area (Å²) in [5, 5.41) is 0. The highest BCUT2D eigenvalue weighted by molar-refractivity contribution is 6.72. The van der Waals surface area contributed by atoms with Crippen molar-refractivity contribution in [3.05, 3.63) is 37.1 Å². The molecule has 0 aliphatic carbocycles. The molecule has 0 aliphatic heterocycles. The summed E-state index contributed by atoms with van der Waals surface area (Å²) < 4.78 is 5.71. The van der Waals surface area contributed by atoms with Crippen LogP contribution < -0.4 is 0 Å². The first-order chi connectivity index (χ1) is 6.00. The zero-order valence-electron chi connectivity index (χ0n) is 9.08. The monoisotopic (exact) mass is 196 g/mol. The zero-order valence-corrected chi connectivity index (χ0v) is 10.1. The molecule has 2 heteroatoms. The third-order valence-corrected chi connectivity index (χ3v) is 5.72. The van der Waals surface area contributed by atoms with E-state index >= 15 is 0 Å². The number of rotatable bonds is 5. The van der Waals surface area contributed by atoms with Gasteiger partial charge in [0.15, 0.2) is 0 Å². The highest BCUT2D eigenvalue weighted by Gasteiger charge is 2.26. The van der Waals surface area contributed by atoms with E-state index in [1.54, 1.807) is 12.3 Å². The highest BCUT2D eigenvalue weighted by atomic mass is 28.4. The van der Waals surface area contributed by atoms with Crippen LogP contribution in [0.1, 0.15) is 13.8 Å². The second-order valence-electron chi connectivity index (χ2n) is 3.83. The average Bonchev–Trinajstić information content (AvgIpc) is 2.03. The van der Waals surface area contributed by atoms with Crippen LogP contribution in [-0.2, 0) is 4.43 Å². The molecule has 0 saturated heterocycles. The molecule has 0 saturated carbocycles. The molecule has 0 rings (SSSR count). The van der Waals surface area contributed by atoms with Crippen molar-refractivity contribution in [2.24, 2.45) is 0 Å². The zero-order chi connectivity index (χ0) is 10.3. The summed E-state index contributed by atoms with van der Waals surface area (Å²) in [6.07, 6.45) is 9.22. The van der Waals surface area contributed by atoms with Crippen molar-refractivity contribution in [2.75, 3.05) is 0 Å². The molecule has 0 aliphatic rings. The Bertz CT molecular complexity index is 202. The molecule has 0 aromatic rings. The van der Waals surface area contributed by atoms with Crippen LogP contribution in [0.5, 0.6) is 0 Å². The first-order valence-corrected chi connectivity index (χ1v) is 7.61. The Morgan fingerprint density at radius 1 is 1.15 bits per heavy atom. The van der Waals surface area contributed by atoms with Crippen molar-refractivity contribution in [1.82, 2.24) is 0 Å². The first kappa shape index (κ1) is 12.2. The van der Waals surface area contributed by atoms with Crippen LogP contribution in [0, 0.1) is 0 Å². The standard InChI is InChI=1S/C11H20OSi/c1-6-7-8-9-10-12-13(4,5)11(2)3/h6-11H,1H2,2-5H3. The summed E-state index contributed by atoms with van der Waals surface area (Å²) >= 11 is 0. The van der Waals surface area contributed by atoms with Crippen LogP contribution in [0.15, 0.2) is 37.1 Å². The van der Waals surface area contributed by atoms with Gasteiger partial charge in [0.05, 0.1) is 6.26 Å². The Morgan fingerprint density at radius 2 is 1.77 bits per heavy atom. The lowest BCUT2D eigenvalue weighted by Gasteiger charge is -2.25. The minimum Gasteiger partial charge on any atom is -0.549 e. The van der Waals surface area contributed by atoms with E-state index in [-0.39, 0.29) is 0 Å². The van der Waals surface area contributed by atoms with Crippen molar-refractivity contribution < 1.29 is 4.43 Å². The van der Waals surface area contributed by atoms with Gasteiger partial charge < -0.3 is 4.43 Å². The molecule has 0 unspecified atom stereocenters. The van der Waals surface area contributed by atoms with Crippen molar-refractivity contribution in [1.29, 1.82) is 0 Å². The molecule has 0 bridgehead atoms. The second-order valence-corrected chi connectivity index (χ2v) is 8.42. The average molecular weight is 196 g/mol. The van der Waals surface area contributed by atoms with E-state index < -0.39 is 8.32 Å². The number of allylic oxidation sites excluding steroid dienone is 4. The molecule has 74 valence electrons. The highest BCUT2D eigenvalue weighted by Crippen LogP contribution is 2.21. The lowest BCUT2D eigenvalue weighted by atomic mass is 10.5. The quantitative estimate of drug-likeness (QED) is 0.368. The molecule has 0 heterocycles. The van der Waals surface area contributed by atoms with E-state index in [1.165, 1.54) is 0 Å². The van der Waals surface area contributed by atoms with Gasteiger partial charge in [0.1, 0.15) is 0 Å². The topological polar surface area (TPSA) is 9.23 Å². The van der Waals surface area contributed by atoms with E-state index in [2.05, 4.69) is 33.5 Å². The Kier molecular flexibility index (Phi) is 5.47. The Labute approximate surface area is 82.9 Å². The SMILES string of the molecule is C=CC=CC=CO[Si](C)(C)C(C)C. The molecule has 0 radical (unpaired) electrons. The fraction of sp³-hybridized carbons (Fsp3) is 0.455. The van der Waals surface area contributed by atoms with Gasteiger partial charge in [-0.1, -0.05) is 38.7 Å². The largest absolute Gasteiger partial charge is 0.549 e. The summed E-state index contributed by atoms with van der Waals surface area (Å²) in [5.74, 6) is 0. The van der Waals surface area contributed by atoms with Gasteiger partial charge in [-0.15, -0.1) is 0 Å². The smallest absolute Gasteiger partial charge is 0.246 e. The summed E-state index contributed by atoms with van der Waals surface area (Å²) in [4.78, 5) is 0. The summed E-state index contributed by atoms with van der Waals surface area (Å²) in [6.45, 7) is 12.4. The molecule has 0 atom stereocenters. The van der Waals surface area contributed by atoms with Crippen LogP contribution >= 0.6 is 0 Å². The van der Waals surface area contributed by atoms with E-state index in [9.17, 15) is 0 Å². The van der Waals surface area contributed by atoms with Crippen LogP contribution in [0.2, 0.25) is 18.6 Å². The molecule has 0 N–H and O–H groups in total. The molecular weight excluding hydrogens is 176 g/mol. The van der Waals surface area contributed by atoms with E-state index in [0.29, 0.717) is 5.54 Å². The number of hydrogen-bond acceptors (Lipinski definition) is 1. The van der Waals surface area contributed by atoms with Crippen LogP contribution in [-0.4, -0.2) is 8.32 Å². The van der Waals surface area contributed by atoms with Gasteiger partial charge in [-0.3, -0.25) is 0 Å². The summed E-state index contributed by atoms with van der Waals surface area (Å²) in [7, 11) is -1.49. The maximum atomic E-state index is 5.71. The maximum Gasteiger partial charge on any atom is 0.246 e. The van der Waals surface area contributed by atoms with Crippen LogP contribution in [0.25, 0.3) is 0 Å². The Hall–Kier alpha value is -0.763. The number of hydrogen-bond donors (Lipinski definition) is 0. The summed E-state index contributed by atoms with van der Waals surface area (Å²) in [6, 6.07) is 0. The fourth-order valence-corrected chi connectivity index (χ4v) is 1.24. The van der Waals surface area contributed by atoms with Gasteiger partial charge >= 0.3 is 0 Å². The fourth-order valence-electron chi connectivity index (χ4n) is 0.539.